The van der Waals surface area contributed by atoms with E-state index in [0.717, 1.165) is 39.6 Å². The molecule has 0 radical (unpaired) electrons. The molecule has 0 saturated carbocycles. The second-order valence-electron chi connectivity index (χ2n) is 7.36. The minimum atomic E-state index is 0.199. The van der Waals surface area contributed by atoms with Crippen molar-refractivity contribution in [1.82, 2.24) is 0 Å². The number of hydrogen-bond acceptors (Lipinski definition) is 4. The summed E-state index contributed by atoms with van der Waals surface area (Å²) in [5.41, 5.74) is 2.82. The molecule has 0 amide bonds. The zero-order valence-electron chi connectivity index (χ0n) is 13.6. The molecule has 1 aromatic rings. The predicted octanol–water partition coefficient (Wildman–Crippen LogP) is 2.79. The Labute approximate surface area is 132 Å². The van der Waals surface area contributed by atoms with E-state index in [-0.39, 0.29) is 10.8 Å². The third-order valence-electron chi connectivity index (χ3n) is 4.34. The van der Waals surface area contributed by atoms with Crippen molar-refractivity contribution in [2.24, 2.45) is 10.8 Å². The molecule has 22 heavy (non-hydrogen) atoms. The van der Waals surface area contributed by atoms with Gasteiger partial charge in [-0.3, -0.25) is 0 Å². The molecule has 0 bridgehead atoms. The second kappa shape index (κ2) is 6.67. The molecule has 0 aromatic heterocycles. The summed E-state index contributed by atoms with van der Waals surface area (Å²) in [5.74, 6) is 0. The Morgan fingerprint density at radius 3 is 1.55 bits per heavy atom. The Bertz CT molecular complexity index is 447. The molecule has 4 nitrogen and oxygen atoms in total. The lowest BCUT2D eigenvalue weighted by Gasteiger charge is -2.37. The van der Waals surface area contributed by atoms with E-state index >= 15 is 0 Å². The molecule has 3 rings (SSSR count). The molecular weight excluding hydrogens is 280 g/mol. The molecule has 2 aliphatic rings. The van der Waals surface area contributed by atoms with Crippen LogP contribution in [0.3, 0.4) is 0 Å². The van der Waals surface area contributed by atoms with E-state index in [0.29, 0.717) is 13.2 Å². The van der Waals surface area contributed by atoms with E-state index in [1.54, 1.807) is 0 Å². The summed E-state index contributed by atoms with van der Waals surface area (Å²) in [4.78, 5) is 0. The van der Waals surface area contributed by atoms with Gasteiger partial charge in [0.25, 0.3) is 0 Å². The molecule has 0 aliphatic carbocycles. The largest absolute Gasteiger partial charge is 0.380 e. The van der Waals surface area contributed by atoms with Gasteiger partial charge in [0, 0.05) is 10.8 Å². The molecule has 2 heterocycles. The summed E-state index contributed by atoms with van der Waals surface area (Å²) in [5, 5.41) is 0. The van der Waals surface area contributed by atoms with Crippen LogP contribution >= 0.6 is 0 Å². The standard InChI is InChI=1S/C18H26O4/c1-17(11-21-12-17)9-19-7-15-5-3-4-6-16(15)8-20-10-18(2)13-22-14-18/h3-6H,7-14H2,1-2H3. The van der Waals surface area contributed by atoms with E-state index in [4.69, 9.17) is 18.9 Å². The molecule has 0 atom stereocenters. The highest BCUT2D eigenvalue weighted by atomic mass is 16.5. The maximum atomic E-state index is 5.89. The Morgan fingerprint density at radius 2 is 1.23 bits per heavy atom. The second-order valence-corrected chi connectivity index (χ2v) is 7.36. The van der Waals surface area contributed by atoms with Crippen molar-refractivity contribution in [3.05, 3.63) is 35.4 Å². The topological polar surface area (TPSA) is 36.9 Å². The van der Waals surface area contributed by atoms with Crippen molar-refractivity contribution >= 4 is 0 Å². The maximum Gasteiger partial charge on any atom is 0.0720 e. The average molecular weight is 306 g/mol. The van der Waals surface area contributed by atoms with Crippen molar-refractivity contribution in [3.8, 4) is 0 Å². The monoisotopic (exact) mass is 306 g/mol. The fraction of sp³-hybridized carbons (Fsp3) is 0.667. The van der Waals surface area contributed by atoms with Gasteiger partial charge in [-0.15, -0.1) is 0 Å². The van der Waals surface area contributed by atoms with Gasteiger partial charge >= 0.3 is 0 Å². The Kier molecular flexibility index (Phi) is 4.83. The van der Waals surface area contributed by atoms with Gasteiger partial charge in [0.05, 0.1) is 52.9 Å². The summed E-state index contributed by atoms with van der Waals surface area (Å²) in [7, 11) is 0. The number of ether oxygens (including phenoxy) is 4. The Hall–Kier alpha value is -0.940. The molecule has 4 heteroatoms. The van der Waals surface area contributed by atoms with E-state index in [9.17, 15) is 0 Å². The van der Waals surface area contributed by atoms with Crippen molar-refractivity contribution in [3.63, 3.8) is 0 Å². The van der Waals surface area contributed by atoms with Crippen molar-refractivity contribution in [2.75, 3.05) is 39.6 Å². The van der Waals surface area contributed by atoms with Crippen LogP contribution in [0, 0.1) is 10.8 Å². The molecule has 1 aromatic carbocycles. The molecular formula is C18H26O4. The molecule has 0 N–H and O–H groups in total. The number of hydrogen-bond donors (Lipinski definition) is 0. The fourth-order valence-electron chi connectivity index (χ4n) is 2.72. The van der Waals surface area contributed by atoms with Crippen LogP contribution in [0.5, 0.6) is 0 Å². The lowest BCUT2D eigenvalue weighted by molar-refractivity contribution is -0.141. The number of benzene rings is 1. The normalized spacial score (nSPS) is 21.9. The van der Waals surface area contributed by atoms with Crippen LogP contribution < -0.4 is 0 Å². The summed E-state index contributed by atoms with van der Waals surface area (Å²) in [6.07, 6.45) is 0. The van der Waals surface area contributed by atoms with Crippen LogP contribution in [-0.4, -0.2) is 39.6 Å². The zero-order valence-corrected chi connectivity index (χ0v) is 13.6. The molecule has 2 aliphatic heterocycles. The van der Waals surface area contributed by atoms with Gasteiger partial charge in [0.1, 0.15) is 0 Å². The van der Waals surface area contributed by atoms with Gasteiger partial charge in [-0.05, 0) is 11.1 Å². The van der Waals surface area contributed by atoms with E-state index in [1.807, 2.05) is 0 Å². The fourth-order valence-corrected chi connectivity index (χ4v) is 2.72. The molecule has 2 fully saturated rings. The van der Waals surface area contributed by atoms with E-state index < -0.39 is 0 Å². The summed E-state index contributed by atoms with van der Waals surface area (Å²) < 4.78 is 22.3. The Balaban J connectivity index is 1.46. The zero-order chi connectivity index (χ0) is 15.5. The van der Waals surface area contributed by atoms with Crippen molar-refractivity contribution < 1.29 is 18.9 Å². The van der Waals surface area contributed by atoms with Crippen LogP contribution in [0.4, 0.5) is 0 Å². The van der Waals surface area contributed by atoms with Crippen LogP contribution in [0.1, 0.15) is 25.0 Å². The summed E-state index contributed by atoms with van der Waals surface area (Å²) in [6, 6.07) is 8.34. The molecule has 122 valence electrons. The van der Waals surface area contributed by atoms with Gasteiger partial charge in [-0.2, -0.15) is 0 Å². The highest BCUT2D eigenvalue weighted by molar-refractivity contribution is 5.25. The maximum absolute atomic E-state index is 5.89. The minimum absolute atomic E-state index is 0.199. The summed E-state index contributed by atoms with van der Waals surface area (Å²) >= 11 is 0. The average Bonchev–Trinajstić information content (AvgIpc) is 2.45. The van der Waals surface area contributed by atoms with Gasteiger partial charge < -0.3 is 18.9 Å². The minimum Gasteiger partial charge on any atom is -0.380 e. The van der Waals surface area contributed by atoms with Gasteiger partial charge in [0.15, 0.2) is 0 Å². The highest BCUT2D eigenvalue weighted by Crippen LogP contribution is 2.28. The van der Waals surface area contributed by atoms with Gasteiger partial charge in [0.2, 0.25) is 0 Å². The first-order chi connectivity index (χ1) is 10.6. The van der Waals surface area contributed by atoms with Gasteiger partial charge in [-0.1, -0.05) is 38.1 Å². The lowest BCUT2D eigenvalue weighted by Crippen LogP contribution is -2.43. The number of rotatable bonds is 8. The van der Waals surface area contributed by atoms with Gasteiger partial charge in [-0.25, -0.2) is 0 Å². The smallest absolute Gasteiger partial charge is 0.0720 e. The third kappa shape index (κ3) is 3.87. The Morgan fingerprint density at radius 1 is 0.818 bits per heavy atom. The van der Waals surface area contributed by atoms with Crippen LogP contribution in [0.15, 0.2) is 24.3 Å². The third-order valence-corrected chi connectivity index (χ3v) is 4.34. The van der Waals surface area contributed by atoms with E-state index in [1.165, 1.54) is 11.1 Å². The van der Waals surface area contributed by atoms with Crippen LogP contribution in [0.2, 0.25) is 0 Å². The predicted molar refractivity (Wildman–Crippen MR) is 83.6 cm³/mol. The summed E-state index contributed by atoms with van der Waals surface area (Å²) in [6.45, 7) is 10.4. The van der Waals surface area contributed by atoms with E-state index in [2.05, 4.69) is 38.1 Å². The van der Waals surface area contributed by atoms with Crippen molar-refractivity contribution in [1.29, 1.82) is 0 Å². The van der Waals surface area contributed by atoms with Crippen molar-refractivity contribution in [2.45, 2.75) is 27.1 Å². The molecule has 0 unspecified atom stereocenters. The first kappa shape index (κ1) is 15.9. The quantitative estimate of drug-likeness (QED) is 0.740. The molecule has 0 spiro atoms. The lowest BCUT2D eigenvalue weighted by atomic mass is 9.90. The van der Waals surface area contributed by atoms with Crippen LogP contribution in [0.25, 0.3) is 0 Å². The SMILES string of the molecule is CC1(COCc2ccccc2COCC2(C)COC2)COC1. The first-order valence-electron chi connectivity index (χ1n) is 7.97. The first-order valence-corrected chi connectivity index (χ1v) is 7.97. The molecule has 2 saturated heterocycles. The highest BCUT2D eigenvalue weighted by Gasteiger charge is 2.34. The van der Waals surface area contributed by atoms with Crippen LogP contribution in [-0.2, 0) is 32.2 Å².